The molecule has 0 saturated carbocycles. The fourth-order valence-corrected chi connectivity index (χ4v) is 3.16. The first-order valence-corrected chi connectivity index (χ1v) is 7.68. The molecule has 1 aliphatic rings. The van der Waals surface area contributed by atoms with Gasteiger partial charge in [0.2, 0.25) is 5.91 Å². The summed E-state index contributed by atoms with van der Waals surface area (Å²) in [5, 5.41) is 14.4. The average Bonchev–Trinajstić information content (AvgIpc) is 2.55. The van der Waals surface area contributed by atoms with Crippen molar-refractivity contribution in [2.45, 2.75) is 19.4 Å². The molecule has 1 aromatic carbocycles. The van der Waals surface area contributed by atoms with Gasteiger partial charge in [-0.1, -0.05) is 18.2 Å². The van der Waals surface area contributed by atoms with E-state index in [2.05, 4.69) is 5.32 Å². The molecular weight excluding hydrogens is 298 g/mol. The molecular formula is C16H23N3O4. The van der Waals surface area contributed by atoms with Crippen molar-refractivity contribution in [1.82, 2.24) is 10.2 Å². The van der Waals surface area contributed by atoms with Crippen LogP contribution in [-0.2, 0) is 16.1 Å². The number of carbonyl (C=O) groups excluding carboxylic acids is 1. The molecule has 0 spiro atoms. The first-order chi connectivity index (χ1) is 11.0. The lowest BCUT2D eigenvalue weighted by atomic mass is 9.78. The summed E-state index contributed by atoms with van der Waals surface area (Å²) in [5.74, 6) is -0.0148. The van der Waals surface area contributed by atoms with Gasteiger partial charge in [0.05, 0.1) is 23.5 Å². The number of rotatable bonds is 6. The second-order valence-corrected chi connectivity index (χ2v) is 6.01. The second-order valence-electron chi connectivity index (χ2n) is 6.01. The molecule has 1 saturated heterocycles. The third-order valence-electron chi connectivity index (χ3n) is 4.38. The lowest BCUT2D eigenvalue weighted by Crippen LogP contribution is -2.50. The number of para-hydroxylation sites is 1. The summed E-state index contributed by atoms with van der Waals surface area (Å²) >= 11 is 0. The molecule has 1 heterocycles. The largest absolute Gasteiger partial charge is 0.384 e. The van der Waals surface area contributed by atoms with E-state index in [0.29, 0.717) is 25.0 Å². The van der Waals surface area contributed by atoms with E-state index in [4.69, 9.17) is 4.74 Å². The quantitative estimate of drug-likeness (QED) is 0.635. The minimum Gasteiger partial charge on any atom is -0.384 e. The molecule has 23 heavy (non-hydrogen) atoms. The zero-order valence-electron chi connectivity index (χ0n) is 13.6. The SMILES string of the molecule is COCC1(C(=O)N(C)Cc2ccccc2[N+](=O)[O-])CCNCC1. The Balaban J connectivity index is 2.17. The van der Waals surface area contributed by atoms with Crippen LogP contribution in [0.4, 0.5) is 5.69 Å². The zero-order valence-corrected chi connectivity index (χ0v) is 13.6. The second kappa shape index (κ2) is 7.52. The molecule has 0 bridgehead atoms. The first kappa shape index (κ1) is 17.4. The maximum Gasteiger partial charge on any atom is 0.274 e. The fraction of sp³-hybridized carbons (Fsp3) is 0.562. The van der Waals surface area contributed by atoms with E-state index in [1.165, 1.54) is 6.07 Å². The third-order valence-corrected chi connectivity index (χ3v) is 4.38. The molecule has 7 heteroatoms. The van der Waals surface area contributed by atoms with Gasteiger partial charge >= 0.3 is 0 Å². The van der Waals surface area contributed by atoms with Crippen LogP contribution in [0.3, 0.4) is 0 Å². The molecule has 1 fully saturated rings. The Bertz CT molecular complexity index is 565. The van der Waals surface area contributed by atoms with Crippen LogP contribution in [0.25, 0.3) is 0 Å². The van der Waals surface area contributed by atoms with Crippen molar-refractivity contribution in [3.05, 3.63) is 39.9 Å². The smallest absolute Gasteiger partial charge is 0.274 e. The van der Waals surface area contributed by atoms with Crippen LogP contribution >= 0.6 is 0 Å². The predicted molar refractivity (Wildman–Crippen MR) is 86.0 cm³/mol. The highest BCUT2D eigenvalue weighted by Gasteiger charge is 2.41. The molecule has 126 valence electrons. The molecule has 0 unspecified atom stereocenters. The van der Waals surface area contributed by atoms with Gasteiger partial charge in [0.1, 0.15) is 0 Å². The van der Waals surface area contributed by atoms with E-state index < -0.39 is 10.3 Å². The Morgan fingerprint density at radius 3 is 2.65 bits per heavy atom. The third kappa shape index (κ3) is 3.86. The number of methoxy groups -OCH3 is 1. The van der Waals surface area contributed by atoms with E-state index in [1.54, 1.807) is 37.3 Å². The normalized spacial score (nSPS) is 16.8. The number of benzene rings is 1. The number of nitrogens with zero attached hydrogens (tertiary/aromatic N) is 2. The van der Waals surface area contributed by atoms with Gasteiger partial charge in [-0.3, -0.25) is 14.9 Å². The van der Waals surface area contributed by atoms with Gasteiger partial charge in [0.25, 0.3) is 5.69 Å². The molecule has 7 nitrogen and oxygen atoms in total. The van der Waals surface area contributed by atoms with E-state index >= 15 is 0 Å². The van der Waals surface area contributed by atoms with Gasteiger partial charge in [-0.25, -0.2) is 0 Å². The Morgan fingerprint density at radius 2 is 2.04 bits per heavy atom. The molecule has 0 atom stereocenters. The molecule has 0 aromatic heterocycles. The van der Waals surface area contributed by atoms with Crippen LogP contribution in [0, 0.1) is 15.5 Å². The Morgan fingerprint density at radius 1 is 1.39 bits per heavy atom. The van der Waals surface area contributed by atoms with E-state index in [9.17, 15) is 14.9 Å². The summed E-state index contributed by atoms with van der Waals surface area (Å²) < 4.78 is 5.28. The average molecular weight is 321 g/mol. The van der Waals surface area contributed by atoms with Crippen LogP contribution in [0.5, 0.6) is 0 Å². The highest BCUT2D eigenvalue weighted by molar-refractivity contribution is 5.83. The monoisotopic (exact) mass is 321 g/mol. The molecule has 1 N–H and O–H groups in total. The van der Waals surface area contributed by atoms with Gasteiger partial charge in [-0.15, -0.1) is 0 Å². The van der Waals surface area contributed by atoms with Crippen LogP contribution < -0.4 is 5.32 Å². The maximum atomic E-state index is 12.9. The summed E-state index contributed by atoms with van der Waals surface area (Å²) in [6.45, 7) is 2.13. The van der Waals surface area contributed by atoms with E-state index in [1.807, 2.05) is 0 Å². The first-order valence-electron chi connectivity index (χ1n) is 7.68. The number of ether oxygens (including phenoxy) is 1. The highest BCUT2D eigenvalue weighted by atomic mass is 16.6. The maximum absolute atomic E-state index is 12.9. The van der Waals surface area contributed by atoms with E-state index in [-0.39, 0.29) is 18.1 Å². The van der Waals surface area contributed by atoms with Crippen molar-refractivity contribution in [2.24, 2.45) is 5.41 Å². The predicted octanol–water partition coefficient (Wildman–Crippen LogP) is 1.57. The number of amides is 1. The summed E-state index contributed by atoms with van der Waals surface area (Å²) in [5.41, 5.74) is 0.0336. The van der Waals surface area contributed by atoms with Crippen molar-refractivity contribution in [3.8, 4) is 0 Å². The van der Waals surface area contributed by atoms with Gasteiger partial charge in [0, 0.05) is 25.8 Å². The molecule has 2 rings (SSSR count). The number of nitro groups is 1. The Labute approximate surface area is 135 Å². The topological polar surface area (TPSA) is 84.7 Å². The van der Waals surface area contributed by atoms with Gasteiger partial charge in [-0.05, 0) is 25.9 Å². The fourth-order valence-electron chi connectivity index (χ4n) is 3.16. The molecule has 0 aliphatic carbocycles. The molecule has 1 aliphatic heterocycles. The molecule has 1 amide bonds. The Hall–Kier alpha value is -1.99. The standard InChI is InChI=1S/C16H23N3O4/c1-18(11-13-5-3-4-6-14(13)19(21)22)15(20)16(12-23-2)7-9-17-10-8-16/h3-6,17H,7-12H2,1-2H3. The van der Waals surface area contributed by atoms with Gasteiger partial charge in [-0.2, -0.15) is 0 Å². The number of nitro benzene ring substituents is 1. The minimum atomic E-state index is -0.543. The Kier molecular flexibility index (Phi) is 5.68. The van der Waals surface area contributed by atoms with Crippen molar-refractivity contribution in [2.75, 3.05) is 33.9 Å². The van der Waals surface area contributed by atoms with Gasteiger partial charge < -0.3 is 15.0 Å². The number of carbonyl (C=O) groups is 1. The highest BCUT2D eigenvalue weighted by Crippen LogP contribution is 2.32. The van der Waals surface area contributed by atoms with Crippen molar-refractivity contribution in [3.63, 3.8) is 0 Å². The summed E-state index contributed by atoms with van der Waals surface area (Å²) in [6.07, 6.45) is 1.42. The summed E-state index contributed by atoms with van der Waals surface area (Å²) in [6, 6.07) is 6.52. The van der Waals surface area contributed by atoms with Crippen molar-refractivity contribution < 1.29 is 14.5 Å². The van der Waals surface area contributed by atoms with Crippen molar-refractivity contribution in [1.29, 1.82) is 0 Å². The summed E-state index contributed by atoms with van der Waals surface area (Å²) in [7, 11) is 3.29. The number of hydrogen-bond donors (Lipinski definition) is 1. The number of piperidine rings is 1. The van der Waals surface area contributed by atoms with Crippen LogP contribution in [0.15, 0.2) is 24.3 Å². The van der Waals surface area contributed by atoms with Gasteiger partial charge in [0.15, 0.2) is 0 Å². The number of hydrogen-bond acceptors (Lipinski definition) is 5. The van der Waals surface area contributed by atoms with Crippen molar-refractivity contribution >= 4 is 11.6 Å². The zero-order chi connectivity index (χ0) is 16.9. The van der Waals surface area contributed by atoms with Crippen LogP contribution in [0.2, 0.25) is 0 Å². The molecule has 1 aromatic rings. The lowest BCUT2D eigenvalue weighted by molar-refractivity contribution is -0.385. The molecule has 0 radical (unpaired) electrons. The van der Waals surface area contributed by atoms with Crippen LogP contribution in [0.1, 0.15) is 18.4 Å². The number of nitrogens with one attached hydrogen (secondary N) is 1. The van der Waals surface area contributed by atoms with E-state index in [0.717, 1.165) is 13.1 Å². The summed E-state index contributed by atoms with van der Waals surface area (Å²) in [4.78, 5) is 25.2. The minimum absolute atomic E-state index is 0.0148. The lowest BCUT2D eigenvalue weighted by Gasteiger charge is -2.38. The van der Waals surface area contributed by atoms with Crippen LogP contribution in [-0.4, -0.2) is 49.6 Å².